The van der Waals surface area contributed by atoms with Gasteiger partial charge in [-0.05, 0) is 47.9 Å². The third kappa shape index (κ3) is 4.46. The number of halogens is 1. The van der Waals surface area contributed by atoms with Gasteiger partial charge in [-0.1, -0.05) is 41.9 Å². The first kappa shape index (κ1) is 17.6. The number of nitrogens with zero attached hydrogens (tertiary/aromatic N) is 2. The molecular formula is C20H16ClN3O2. The van der Waals surface area contributed by atoms with E-state index in [1.54, 1.807) is 30.3 Å². The van der Waals surface area contributed by atoms with Crippen LogP contribution in [-0.2, 0) is 6.42 Å². The lowest BCUT2D eigenvalue weighted by Gasteiger charge is -2.06. The van der Waals surface area contributed by atoms with E-state index in [1.807, 2.05) is 30.3 Å². The number of hydrogen-bond acceptors (Lipinski definition) is 4. The molecule has 0 spiro atoms. The quantitative estimate of drug-likeness (QED) is 0.533. The minimum absolute atomic E-state index is 0.0729. The third-order valence-electron chi connectivity index (χ3n) is 3.71. The number of hydrogen-bond donors (Lipinski definition) is 2. The van der Waals surface area contributed by atoms with Gasteiger partial charge in [-0.3, -0.25) is 9.78 Å². The maximum Gasteiger partial charge on any atom is 0.289 e. The van der Waals surface area contributed by atoms with Crippen LogP contribution in [0.15, 0.2) is 72.0 Å². The van der Waals surface area contributed by atoms with E-state index in [-0.39, 0.29) is 11.4 Å². The third-order valence-corrected chi connectivity index (χ3v) is 4.08. The predicted octanol–water partition coefficient (Wildman–Crippen LogP) is 3.80. The Hall–Kier alpha value is -3.18. The number of rotatable bonds is 5. The van der Waals surface area contributed by atoms with E-state index in [9.17, 15) is 9.90 Å². The van der Waals surface area contributed by atoms with E-state index in [4.69, 9.17) is 11.6 Å². The SMILES string of the molecule is O=C(N/N=C\c1cc(Cc2ccccc2Cl)ccc1O)c1ccccn1. The van der Waals surface area contributed by atoms with Crippen LogP contribution in [0.1, 0.15) is 27.2 Å². The van der Waals surface area contributed by atoms with E-state index in [0.29, 0.717) is 17.0 Å². The second-order valence-corrected chi connectivity index (χ2v) is 5.98. The number of amides is 1. The van der Waals surface area contributed by atoms with Gasteiger partial charge in [0.2, 0.25) is 0 Å². The summed E-state index contributed by atoms with van der Waals surface area (Å²) in [5.41, 5.74) is 5.11. The molecule has 1 heterocycles. The normalized spacial score (nSPS) is 10.8. The average molecular weight is 366 g/mol. The average Bonchev–Trinajstić information content (AvgIpc) is 2.66. The molecule has 0 bridgehead atoms. The number of aromatic hydroxyl groups is 1. The second kappa shape index (κ2) is 8.27. The molecule has 1 amide bonds. The van der Waals surface area contributed by atoms with Crippen molar-refractivity contribution < 1.29 is 9.90 Å². The molecule has 6 heteroatoms. The number of nitrogens with one attached hydrogen (secondary N) is 1. The molecule has 5 nitrogen and oxygen atoms in total. The van der Waals surface area contributed by atoms with Crippen molar-refractivity contribution in [1.29, 1.82) is 0 Å². The number of carbonyl (C=O) groups excluding carboxylic acids is 1. The van der Waals surface area contributed by atoms with Gasteiger partial charge in [-0.25, -0.2) is 5.43 Å². The van der Waals surface area contributed by atoms with Crippen molar-refractivity contribution in [3.63, 3.8) is 0 Å². The zero-order valence-corrected chi connectivity index (χ0v) is 14.5. The Morgan fingerprint density at radius 3 is 2.73 bits per heavy atom. The number of benzene rings is 2. The molecule has 1 aromatic heterocycles. The second-order valence-electron chi connectivity index (χ2n) is 5.58. The van der Waals surface area contributed by atoms with Crippen molar-refractivity contribution in [2.45, 2.75) is 6.42 Å². The number of aromatic nitrogens is 1. The fraction of sp³-hybridized carbons (Fsp3) is 0.0500. The van der Waals surface area contributed by atoms with Crippen LogP contribution in [0.2, 0.25) is 5.02 Å². The minimum Gasteiger partial charge on any atom is -0.507 e. The fourth-order valence-corrected chi connectivity index (χ4v) is 2.60. The zero-order valence-electron chi connectivity index (χ0n) is 13.8. The Kier molecular flexibility index (Phi) is 5.61. The summed E-state index contributed by atoms with van der Waals surface area (Å²) in [6, 6.07) is 17.8. The van der Waals surface area contributed by atoms with Crippen LogP contribution >= 0.6 is 11.6 Å². The molecule has 26 heavy (non-hydrogen) atoms. The minimum atomic E-state index is -0.423. The molecule has 0 aliphatic rings. The van der Waals surface area contributed by atoms with Crippen molar-refractivity contribution >= 4 is 23.7 Å². The number of carbonyl (C=O) groups is 1. The Balaban J connectivity index is 1.72. The molecule has 0 saturated heterocycles. The maximum atomic E-state index is 11.9. The van der Waals surface area contributed by atoms with Gasteiger partial charge in [0.15, 0.2) is 0 Å². The molecule has 0 unspecified atom stereocenters. The summed E-state index contributed by atoms with van der Waals surface area (Å²) in [5, 5.41) is 14.6. The van der Waals surface area contributed by atoms with Gasteiger partial charge < -0.3 is 5.11 Å². The van der Waals surface area contributed by atoms with Crippen LogP contribution in [0.5, 0.6) is 5.75 Å². The standard InChI is InChI=1S/C20H16ClN3O2/c21-17-6-2-1-5-15(17)11-14-8-9-19(25)16(12-14)13-23-24-20(26)18-7-3-4-10-22-18/h1-10,12-13,25H,11H2,(H,24,26)/b23-13-. The van der Waals surface area contributed by atoms with Gasteiger partial charge in [-0.2, -0.15) is 5.10 Å². The summed E-state index contributed by atoms with van der Waals surface area (Å²) < 4.78 is 0. The molecule has 2 N–H and O–H groups in total. The lowest BCUT2D eigenvalue weighted by Crippen LogP contribution is -2.18. The molecule has 2 aromatic carbocycles. The Morgan fingerprint density at radius 1 is 1.15 bits per heavy atom. The van der Waals surface area contributed by atoms with Crippen molar-refractivity contribution in [1.82, 2.24) is 10.4 Å². The lowest BCUT2D eigenvalue weighted by atomic mass is 10.0. The van der Waals surface area contributed by atoms with Gasteiger partial charge in [0.25, 0.3) is 5.91 Å². The van der Waals surface area contributed by atoms with E-state index < -0.39 is 5.91 Å². The van der Waals surface area contributed by atoms with Gasteiger partial charge in [0.05, 0.1) is 6.21 Å². The monoisotopic (exact) mass is 365 g/mol. The number of phenols is 1. The maximum absolute atomic E-state index is 11.9. The molecule has 0 aliphatic heterocycles. The Labute approximate surface area is 156 Å². The van der Waals surface area contributed by atoms with Crippen LogP contribution in [0.25, 0.3) is 0 Å². The van der Waals surface area contributed by atoms with E-state index >= 15 is 0 Å². The van der Waals surface area contributed by atoms with Crippen LogP contribution in [-0.4, -0.2) is 22.2 Å². The van der Waals surface area contributed by atoms with Crippen LogP contribution in [0.3, 0.4) is 0 Å². The molecule has 0 atom stereocenters. The van der Waals surface area contributed by atoms with E-state index in [2.05, 4.69) is 15.5 Å². The summed E-state index contributed by atoms with van der Waals surface area (Å²) in [4.78, 5) is 15.8. The van der Waals surface area contributed by atoms with Gasteiger partial charge in [0.1, 0.15) is 11.4 Å². The molecule has 0 radical (unpaired) electrons. The highest BCUT2D eigenvalue weighted by molar-refractivity contribution is 6.31. The molecule has 0 saturated carbocycles. The first-order chi connectivity index (χ1) is 12.6. The fourth-order valence-electron chi connectivity index (χ4n) is 2.39. The van der Waals surface area contributed by atoms with Gasteiger partial charge in [-0.15, -0.1) is 0 Å². The van der Waals surface area contributed by atoms with E-state index in [0.717, 1.165) is 11.1 Å². The van der Waals surface area contributed by atoms with Crippen LogP contribution in [0, 0.1) is 0 Å². The predicted molar refractivity (Wildman–Crippen MR) is 102 cm³/mol. The highest BCUT2D eigenvalue weighted by atomic mass is 35.5. The number of phenolic OH excluding ortho intramolecular Hbond substituents is 1. The molecule has 0 aliphatic carbocycles. The van der Waals surface area contributed by atoms with E-state index in [1.165, 1.54) is 12.4 Å². The highest BCUT2D eigenvalue weighted by Crippen LogP contribution is 2.22. The highest BCUT2D eigenvalue weighted by Gasteiger charge is 2.06. The van der Waals surface area contributed by atoms with Crippen molar-refractivity contribution in [3.05, 3.63) is 94.3 Å². The molecule has 130 valence electrons. The zero-order chi connectivity index (χ0) is 18.4. The van der Waals surface area contributed by atoms with Crippen molar-refractivity contribution in [2.24, 2.45) is 5.10 Å². The topological polar surface area (TPSA) is 74.6 Å². The summed E-state index contributed by atoms with van der Waals surface area (Å²) in [6.45, 7) is 0. The number of hydrazone groups is 1. The summed E-state index contributed by atoms with van der Waals surface area (Å²) in [6.07, 6.45) is 3.55. The molecular weight excluding hydrogens is 350 g/mol. The van der Waals surface area contributed by atoms with Crippen LogP contribution in [0.4, 0.5) is 0 Å². The van der Waals surface area contributed by atoms with Gasteiger partial charge in [0, 0.05) is 16.8 Å². The summed E-state index contributed by atoms with van der Waals surface area (Å²) in [5.74, 6) is -0.350. The van der Waals surface area contributed by atoms with Crippen molar-refractivity contribution in [2.75, 3.05) is 0 Å². The first-order valence-corrected chi connectivity index (χ1v) is 8.31. The Bertz CT molecular complexity index is 943. The summed E-state index contributed by atoms with van der Waals surface area (Å²) in [7, 11) is 0. The smallest absolute Gasteiger partial charge is 0.289 e. The largest absolute Gasteiger partial charge is 0.507 e. The lowest BCUT2D eigenvalue weighted by molar-refractivity contribution is 0.0950. The Morgan fingerprint density at radius 2 is 1.96 bits per heavy atom. The molecule has 0 fully saturated rings. The molecule has 3 rings (SSSR count). The van der Waals surface area contributed by atoms with Crippen molar-refractivity contribution in [3.8, 4) is 5.75 Å². The van der Waals surface area contributed by atoms with Gasteiger partial charge >= 0.3 is 0 Å². The first-order valence-electron chi connectivity index (χ1n) is 7.93. The summed E-state index contributed by atoms with van der Waals surface area (Å²) >= 11 is 6.19. The molecule has 3 aromatic rings. The van der Waals surface area contributed by atoms with Crippen LogP contribution < -0.4 is 5.43 Å². The number of pyridine rings is 1.